The van der Waals surface area contributed by atoms with Crippen LogP contribution in [-0.4, -0.2) is 15.1 Å². The van der Waals surface area contributed by atoms with Crippen LogP contribution in [0.2, 0.25) is 0 Å². The zero-order valence-electron chi connectivity index (χ0n) is 8.54. The molecule has 1 N–H and O–H groups in total. The van der Waals surface area contributed by atoms with Gasteiger partial charge in [-0.1, -0.05) is 5.16 Å². The third kappa shape index (κ3) is 1.73. The molecule has 3 rings (SSSR count). The molecule has 0 saturated carbocycles. The topological polar surface area (TPSA) is 78.5 Å². The Morgan fingerprint density at radius 3 is 3.00 bits per heavy atom. The first-order chi connectivity index (χ1) is 8.36. The number of rotatable bonds is 2. The molecule has 3 aromatic rings. The second-order valence-electron chi connectivity index (χ2n) is 3.33. The molecule has 0 radical (unpaired) electrons. The monoisotopic (exact) mass is 242 g/mol. The van der Waals surface area contributed by atoms with Crippen molar-refractivity contribution >= 4 is 11.3 Å². The standard InChI is InChI=1S/C11H6N4OS/c12-5-8-1-2-9(13-8)11-14-10(15-16-11)7-3-4-17-6-7/h1-4,6,13H. The molecule has 5 nitrogen and oxygen atoms in total. The summed E-state index contributed by atoms with van der Waals surface area (Å²) in [5, 5.41) is 16.5. The summed E-state index contributed by atoms with van der Waals surface area (Å²) in [6.45, 7) is 0. The highest BCUT2D eigenvalue weighted by Crippen LogP contribution is 2.23. The Bertz CT molecular complexity index is 674. The Hall–Kier alpha value is -2.39. The van der Waals surface area contributed by atoms with Crippen LogP contribution in [0, 0.1) is 11.3 Å². The van der Waals surface area contributed by atoms with Gasteiger partial charge in [-0.25, -0.2) is 0 Å². The summed E-state index contributed by atoms with van der Waals surface area (Å²) in [5.74, 6) is 0.932. The van der Waals surface area contributed by atoms with E-state index in [2.05, 4.69) is 15.1 Å². The van der Waals surface area contributed by atoms with Crippen molar-refractivity contribution in [3.05, 3.63) is 34.7 Å². The van der Waals surface area contributed by atoms with E-state index < -0.39 is 0 Å². The molecule has 0 spiro atoms. The maximum absolute atomic E-state index is 8.71. The zero-order valence-corrected chi connectivity index (χ0v) is 9.36. The smallest absolute Gasteiger partial charge is 0.274 e. The first-order valence-corrected chi connectivity index (χ1v) is 5.77. The predicted molar refractivity (Wildman–Crippen MR) is 62.1 cm³/mol. The molecule has 0 bridgehead atoms. The Labute approximate surface area is 100 Å². The first-order valence-electron chi connectivity index (χ1n) is 4.82. The molecule has 0 fully saturated rings. The number of nitrogens with one attached hydrogen (secondary N) is 1. The molecule has 17 heavy (non-hydrogen) atoms. The van der Waals surface area contributed by atoms with Crippen molar-refractivity contribution in [3.63, 3.8) is 0 Å². The second-order valence-corrected chi connectivity index (χ2v) is 4.11. The number of H-pyrrole nitrogens is 1. The number of hydrogen-bond acceptors (Lipinski definition) is 5. The summed E-state index contributed by atoms with van der Waals surface area (Å²) < 4.78 is 5.14. The SMILES string of the molecule is N#Cc1ccc(-c2nc(-c3ccsc3)no2)[nH]1. The number of nitriles is 1. The summed E-state index contributed by atoms with van der Waals surface area (Å²) in [6.07, 6.45) is 0. The third-order valence-corrected chi connectivity index (χ3v) is 2.93. The fraction of sp³-hybridized carbons (Fsp3) is 0. The van der Waals surface area contributed by atoms with E-state index in [-0.39, 0.29) is 0 Å². The van der Waals surface area contributed by atoms with Gasteiger partial charge in [0.05, 0.1) is 0 Å². The number of thiophene rings is 1. The van der Waals surface area contributed by atoms with Crippen LogP contribution >= 0.6 is 11.3 Å². The average molecular weight is 242 g/mol. The van der Waals surface area contributed by atoms with E-state index in [4.69, 9.17) is 9.78 Å². The van der Waals surface area contributed by atoms with Gasteiger partial charge in [0.2, 0.25) is 5.82 Å². The van der Waals surface area contributed by atoms with E-state index in [0.29, 0.717) is 23.1 Å². The molecule has 0 atom stereocenters. The fourth-order valence-electron chi connectivity index (χ4n) is 1.43. The highest BCUT2D eigenvalue weighted by molar-refractivity contribution is 7.08. The van der Waals surface area contributed by atoms with Crippen molar-refractivity contribution in [2.75, 3.05) is 0 Å². The molecule has 3 aromatic heterocycles. The lowest BCUT2D eigenvalue weighted by molar-refractivity contribution is 0.431. The van der Waals surface area contributed by atoms with E-state index >= 15 is 0 Å². The van der Waals surface area contributed by atoms with Gasteiger partial charge in [0.15, 0.2) is 0 Å². The molecule has 0 unspecified atom stereocenters. The predicted octanol–water partition coefficient (Wildman–Crippen LogP) is 2.66. The molecule has 6 heteroatoms. The number of aromatic nitrogens is 3. The molecular formula is C11H6N4OS. The van der Waals surface area contributed by atoms with Crippen LogP contribution in [0.3, 0.4) is 0 Å². The van der Waals surface area contributed by atoms with Crippen molar-refractivity contribution in [3.8, 4) is 29.0 Å². The van der Waals surface area contributed by atoms with Crippen LogP contribution in [0.4, 0.5) is 0 Å². The van der Waals surface area contributed by atoms with Gasteiger partial charge in [0, 0.05) is 10.9 Å². The Kier molecular flexibility index (Phi) is 2.24. The van der Waals surface area contributed by atoms with Crippen molar-refractivity contribution in [1.82, 2.24) is 15.1 Å². The average Bonchev–Trinajstić information content (AvgIpc) is 3.09. The Balaban J connectivity index is 1.98. The van der Waals surface area contributed by atoms with Crippen LogP contribution in [0.5, 0.6) is 0 Å². The van der Waals surface area contributed by atoms with Gasteiger partial charge in [-0.2, -0.15) is 21.6 Å². The minimum absolute atomic E-state index is 0.382. The van der Waals surface area contributed by atoms with E-state index in [1.807, 2.05) is 22.9 Å². The molecule has 0 saturated heterocycles. The van der Waals surface area contributed by atoms with Crippen LogP contribution in [0.15, 0.2) is 33.5 Å². The molecule has 0 aliphatic rings. The van der Waals surface area contributed by atoms with Gasteiger partial charge in [-0.3, -0.25) is 0 Å². The number of hydrogen-bond donors (Lipinski definition) is 1. The molecular weight excluding hydrogens is 236 g/mol. The second kappa shape index (κ2) is 3.88. The van der Waals surface area contributed by atoms with Gasteiger partial charge in [0.1, 0.15) is 17.5 Å². The lowest BCUT2D eigenvalue weighted by atomic mass is 10.3. The van der Waals surface area contributed by atoms with Gasteiger partial charge in [-0.15, -0.1) is 0 Å². The summed E-state index contributed by atoms with van der Waals surface area (Å²) in [7, 11) is 0. The van der Waals surface area contributed by atoms with Crippen LogP contribution in [0.25, 0.3) is 23.0 Å². The van der Waals surface area contributed by atoms with Crippen molar-refractivity contribution in [1.29, 1.82) is 5.26 Å². The first kappa shape index (κ1) is 9.81. The van der Waals surface area contributed by atoms with Gasteiger partial charge < -0.3 is 9.51 Å². The quantitative estimate of drug-likeness (QED) is 0.749. The van der Waals surface area contributed by atoms with Crippen molar-refractivity contribution < 1.29 is 4.52 Å². The Morgan fingerprint density at radius 1 is 1.35 bits per heavy atom. The normalized spacial score (nSPS) is 10.3. The lowest BCUT2D eigenvalue weighted by Crippen LogP contribution is -1.79. The van der Waals surface area contributed by atoms with Crippen molar-refractivity contribution in [2.45, 2.75) is 0 Å². The van der Waals surface area contributed by atoms with E-state index in [9.17, 15) is 0 Å². The molecule has 3 heterocycles. The van der Waals surface area contributed by atoms with E-state index in [0.717, 1.165) is 5.56 Å². The lowest BCUT2D eigenvalue weighted by Gasteiger charge is -1.85. The van der Waals surface area contributed by atoms with E-state index in [1.165, 1.54) is 0 Å². The number of nitrogens with zero attached hydrogens (tertiary/aromatic N) is 3. The molecule has 0 aliphatic carbocycles. The minimum atomic E-state index is 0.382. The fourth-order valence-corrected chi connectivity index (χ4v) is 2.06. The minimum Gasteiger partial charge on any atom is -0.342 e. The van der Waals surface area contributed by atoms with E-state index in [1.54, 1.807) is 23.5 Å². The highest BCUT2D eigenvalue weighted by atomic mass is 32.1. The molecule has 0 aliphatic heterocycles. The molecule has 0 amide bonds. The third-order valence-electron chi connectivity index (χ3n) is 2.24. The number of aromatic amines is 1. The van der Waals surface area contributed by atoms with Crippen LogP contribution in [-0.2, 0) is 0 Å². The van der Waals surface area contributed by atoms with Gasteiger partial charge in [-0.05, 0) is 23.6 Å². The summed E-state index contributed by atoms with van der Waals surface area (Å²) in [6, 6.07) is 7.34. The zero-order chi connectivity index (χ0) is 11.7. The summed E-state index contributed by atoms with van der Waals surface area (Å²) in [5.41, 5.74) is 2.04. The maximum atomic E-state index is 8.71. The molecule has 0 aromatic carbocycles. The summed E-state index contributed by atoms with van der Waals surface area (Å²) >= 11 is 1.57. The highest BCUT2D eigenvalue weighted by Gasteiger charge is 2.12. The Morgan fingerprint density at radius 2 is 2.29 bits per heavy atom. The largest absolute Gasteiger partial charge is 0.342 e. The van der Waals surface area contributed by atoms with Crippen LogP contribution in [0.1, 0.15) is 5.69 Å². The molecule has 82 valence electrons. The summed E-state index contributed by atoms with van der Waals surface area (Å²) in [4.78, 5) is 7.14. The van der Waals surface area contributed by atoms with Crippen molar-refractivity contribution in [2.24, 2.45) is 0 Å². The maximum Gasteiger partial charge on any atom is 0.274 e. The van der Waals surface area contributed by atoms with Crippen LogP contribution < -0.4 is 0 Å². The van der Waals surface area contributed by atoms with Gasteiger partial charge in [0.25, 0.3) is 5.89 Å². The van der Waals surface area contributed by atoms with Gasteiger partial charge >= 0.3 is 0 Å².